The number of rotatable bonds is 3. The summed E-state index contributed by atoms with van der Waals surface area (Å²) >= 11 is 0. The Labute approximate surface area is 100 Å². The van der Waals surface area contributed by atoms with Gasteiger partial charge < -0.3 is 15.6 Å². The smallest absolute Gasteiger partial charge is 0.240 e. The van der Waals surface area contributed by atoms with E-state index in [4.69, 9.17) is 5.73 Å². The number of nitrogens with two attached hydrogens (primary N) is 1. The van der Waals surface area contributed by atoms with E-state index < -0.39 is 6.04 Å². The van der Waals surface area contributed by atoms with Crippen molar-refractivity contribution in [3.8, 4) is 5.69 Å². The van der Waals surface area contributed by atoms with E-state index in [0.717, 1.165) is 11.4 Å². The largest absolute Gasteiger partial charge is 0.325 e. The normalized spacial score (nSPS) is 12.1. The van der Waals surface area contributed by atoms with Crippen LogP contribution in [0.2, 0.25) is 0 Å². The molecule has 0 unspecified atom stereocenters. The maximum Gasteiger partial charge on any atom is 0.240 e. The fourth-order valence-electron chi connectivity index (χ4n) is 1.51. The fraction of sp³-hybridized carbons (Fsp3) is 0.154. The van der Waals surface area contributed by atoms with E-state index >= 15 is 0 Å². The van der Waals surface area contributed by atoms with E-state index in [1.165, 1.54) is 0 Å². The van der Waals surface area contributed by atoms with Crippen LogP contribution in [-0.4, -0.2) is 16.5 Å². The lowest BCUT2D eigenvalue weighted by Gasteiger charge is -2.09. The number of hydrogen-bond acceptors (Lipinski definition) is 2. The number of carbonyl (C=O) groups excluding carboxylic acids is 1. The molecular formula is C13H15N3O. The second-order valence-corrected chi connectivity index (χ2v) is 3.92. The number of nitrogens with one attached hydrogen (secondary N) is 1. The molecule has 88 valence electrons. The summed E-state index contributed by atoms with van der Waals surface area (Å²) in [6, 6.07) is 11.0. The van der Waals surface area contributed by atoms with Gasteiger partial charge in [0.25, 0.3) is 0 Å². The second-order valence-electron chi connectivity index (χ2n) is 3.92. The summed E-state index contributed by atoms with van der Waals surface area (Å²) < 4.78 is 1.97. The Kier molecular flexibility index (Phi) is 3.25. The molecule has 0 bridgehead atoms. The van der Waals surface area contributed by atoms with Gasteiger partial charge in [0.1, 0.15) is 0 Å². The van der Waals surface area contributed by atoms with Crippen LogP contribution in [0.3, 0.4) is 0 Å². The Morgan fingerprint density at radius 2 is 2.00 bits per heavy atom. The Balaban J connectivity index is 2.20. The van der Waals surface area contributed by atoms with Gasteiger partial charge in [-0.05, 0) is 37.3 Å². The van der Waals surface area contributed by atoms with Crippen molar-refractivity contribution < 1.29 is 4.79 Å². The van der Waals surface area contributed by atoms with Crippen LogP contribution in [0.15, 0.2) is 48.8 Å². The molecule has 0 aliphatic heterocycles. The number of benzene rings is 1. The standard InChI is InChI=1S/C13H15N3O/c1-10(14)13(17)15-11-5-4-6-12(9-11)16-7-2-3-8-16/h2-10H,14H2,1H3,(H,15,17)/t10-/m0/s1. The van der Waals surface area contributed by atoms with Crippen molar-refractivity contribution in [3.05, 3.63) is 48.8 Å². The SMILES string of the molecule is C[C@H](N)C(=O)Nc1cccc(-n2cccc2)c1. The molecule has 4 nitrogen and oxygen atoms in total. The first kappa shape index (κ1) is 11.4. The number of amides is 1. The first-order chi connectivity index (χ1) is 8.16. The third-order valence-electron chi connectivity index (χ3n) is 2.43. The number of nitrogens with zero attached hydrogens (tertiary/aromatic N) is 1. The first-order valence-corrected chi connectivity index (χ1v) is 5.46. The molecule has 0 saturated heterocycles. The van der Waals surface area contributed by atoms with Gasteiger partial charge >= 0.3 is 0 Å². The average Bonchev–Trinajstić information content (AvgIpc) is 2.82. The summed E-state index contributed by atoms with van der Waals surface area (Å²) in [5.74, 6) is -0.186. The first-order valence-electron chi connectivity index (χ1n) is 5.46. The lowest BCUT2D eigenvalue weighted by atomic mass is 10.2. The molecule has 0 aliphatic rings. The minimum atomic E-state index is -0.509. The van der Waals surface area contributed by atoms with Crippen LogP contribution < -0.4 is 11.1 Å². The highest BCUT2D eigenvalue weighted by Crippen LogP contribution is 2.14. The summed E-state index contributed by atoms with van der Waals surface area (Å²) in [5, 5.41) is 2.77. The summed E-state index contributed by atoms with van der Waals surface area (Å²) in [7, 11) is 0. The number of aromatic nitrogens is 1. The van der Waals surface area contributed by atoms with E-state index in [1.54, 1.807) is 6.92 Å². The molecule has 17 heavy (non-hydrogen) atoms. The van der Waals surface area contributed by atoms with Gasteiger partial charge in [-0.2, -0.15) is 0 Å². The molecule has 1 aromatic carbocycles. The topological polar surface area (TPSA) is 60.1 Å². The molecule has 2 rings (SSSR count). The molecule has 1 heterocycles. The van der Waals surface area contributed by atoms with Crippen LogP contribution in [0.1, 0.15) is 6.92 Å². The summed E-state index contributed by atoms with van der Waals surface area (Å²) in [6.07, 6.45) is 3.90. The highest BCUT2D eigenvalue weighted by molar-refractivity contribution is 5.94. The molecule has 0 radical (unpaired) electrons. The van der Waals surface area contributed by atoms with Gasteiger partial charge in [0, 0.05) is 23.8 Å². The minimum absolute atomic E-state index is 0.186. The Morgan fingerprint density at radius 3 is 2.65 bits per heavy atom. The van der Waals surface area contributed by atoms with Gasteiger partial charge in [-0.3, -0.25) is 4.79 Å². The zero-order valence-electron chi connectivity index (χ0n) is 9.63. The van der Waals surface area contributed by atoms with Crippen LogP contribution >= 0.6 is 0 Å². The van der Waals surface area contributed by atoms with Crippen LogP contribution in [0, 0.1) is 0 Å². The van der Waals surface area contributed by atoms with Crippen molar-refractivity contribution in [1.82, 2.24) is 4.57 Å². The van der Waals surface area contributed by atoms with Gasteiger partial charge in [-0.25, -0.2) is 0 Å². The van der Waals surface area contributed by atoms with Crippen molar-refractivity contribution in [3.63, 3.8) is 0 Å². The molecule has 3 N–H and O–H groups in total. The molecule has 1 aromatic heterocycles. The van der Waals surface area contributed by atoms with E-state index in [0.29, 0.717) is 0 Å². The number of carbonyl (C=O) groups is 1. The maximum absolute atomic E-state index is 11.5. The predicted octanol–water partition coefficient (Wildman–Crippen LogP) is 1.76. The molecule has 2 aromatic rings. The van der Waals surface area contributed by atoms with Gasteiger partial charge in [0.2, 0.25) is 5.91 Å². The molecule has 1 atom stereocenters. The minimum Gasteiger partial charge on any atom is -0.325 e. The van der Waals surface area contributed by atoms with Crippen molar-refractivity contribution in [2.24, 2.45) is 5.73 Å². The van der Waals surface area contributed by atoms with Crippen molar-refractivity contribution >= 4 is 11.6 Å². The van der Waals surface area contributed by atoms with Crippen LogP contribution in [0.5, 0.6) is 0 Å². The summed E-state index contributed by atoms with van der Waals surface area (Å²) in [6.45, 7) is 1.66. The Bertz CT molecular complexity index is 503. The van der Waals surface area contributed by atoms with Gasteiger partial charge in [-0.1, -0.05) is 6.07 Å². The van der Waals surface area contributed by atoms with E-state index in [2.05, 4.69) is 5.32 Å². The highest BCUT2D eigenvalue weighted by atomic mass is 16.2. The molecule has 0 aliphatic carbocycles. The van der Waals surface area contributed by atoms with E-state index in [1.807, 2.05) is 53.4 Å². The number of anilines is 1. The monoisotopic (exact) mass is 229 g/mol. The van der Waals surface area contributed by atoms with Crippen LogP contribution in [-0.2, 0) is 4.79 Å². The predicted molar refractivity (Wildman–Crippen MR) is 68.0 cm³/mol. The van der Waals surface area contributed by atoms with E-state index in [-0.39, 0.29) is 5.91 Å². The molecule has 0 spiro atoms. The number of hydrogen-bond donors (Lipinski definition) is 2. The summed E-state index contributed by atoms with van der Waals surface area (Å²) in [5.41, 5.74) is 7.25. The van der Waals surface area contributed by atoms with Crippen molar-refractivity contribution in [1.29, 1.82) is 0 Å². The van der Waals surface area contributed by atoms with E-state index in [9.17, 15) is 4.79 Å². The molecule has 4 heteroatoms. The van der Waals surface area contributed by atoms with Gasteiger partial charge in [0.15, 0.2) is 0 Å². The average molecular weight is 229 g/mol. The molecule has 1 amide bonds. The third-order valence-corrected chi connectivity index (χ3v) is 2.43. The van der Waals surface area contributed by atoms with Crippen LogP contribution in [0.4, 0.5) is 5.69 Å². The molecule has 0 saturated carbocycles. The van der Waals surface area contributed by atoms with Gasteiger partial charge in [-0.15, -0.1) is 0 Å². The van der Waals surface area contributed by atoms with Crippen LogP contribution in [0.25, 0.3) is 5.69 Å². The second kappa shape index (κ2) is 4.84. The lowest BCUT2D eigenvalue weighted by molar-refractivity contribution is -0.117. The quantitative estimate of drug-likeness (QED) is 0.842. The summed E-state index contributed by atoms with van der Waals surface area (Å²) in [4.78, 5) is 11.5. The third kappa shape index (κ3) is 2.73. The lowest BCUT2D eigenvalue weighted by Crippen LogP contribution is -2.32. The zero-order chi connectivity index (χ0) is 12.3. The zero-order valence-corrected chi connectivity index (χ0v) is 9.63. The fourth-order valence-corrected chi connectivity index (χ4v) is 1.51. The maximum atomic E-state index is 11.5. The molecular weight excluding hydrogens is 214 g/mol. The molecule has 0 fully saturated rings. The Morgan fingerprint density at radius 1 is 1.29 bits per heavy atom. The van der Waals surface area contributed by atoms with Gasteiger partial charge in [0.05, 0.1) is 6.04 Å². The van der Waals surface area contributed by atoms with Crippen molar-refractivity contribution in [2.45, 2.75) is 13.0 Å². The van der Waals surface area contributed by atoms with Crippen molar-refractivity contribution in [2.75, 3.05) is 5.32 Å². The Hall–Kier alpha value is -2.07. The highest BCUT2D eigenvalue weighted by Gasteiger charge is 2.07.